The van der Waals surface area contributed by atoms with Gasteiger partial charge in [-0.05, 0) is 6.92 Å². The number of rotatable bonds is 5. The number of likely N-dealkylation sites (N-methyl/N-ethyl adjacent to an activating group) is 1. The molecule has 0 radical (unpaired) electrons. The molecule has 0 amide bonds. The molecule has 0 aromatic carbocycles. The van der Waals surface area contributed by atoms with Crippen LogP contribution >= 0.6 is 0 Å². The molecule has 5 nitrogen and oxygen atoms in total. The first-order chi connectivity index (χ1) is 9.34. The summed E-state index contributed by atoms with van der Waals surface area (Å²) in [7, 11) is 0.984. The van der Waals surface area contributed by atoms with E-state index in [0.29, 0.717) is 4.90 Å². The van der Waals surface area contributed by atoms with Gasteiger partial charge in [0.2, 0.25) is 11.6 Å². The van der Waals surface area contributed by atoms with Gasteiger partial charge in [-0.1, -0.05) is 0 Å². The second-order valence-electron chi connectivity index (χ2n) is 3.73. The van der Waals surface area contributed by atoms with Crippen molar-refractivity contribution in [1.29, 1.82) is 0 Å². The van der Waals surface area contributed by atoms with Gasteiger partial charge in [-0.3, -0.25) is 0 Å². The normalized spacial score (nSPS) is 12.2. The summed E-state index contributed by atoms with van der Waals surface area (Å²) in [4.78, 5) is 14.5. The quantitative estimate of drug-likeness (QED) is 0.499. The van der Waals surface area contributed by atoms with Crippen molar-refractivity contribution < 1.29 is 32.2 Å². The number of aliphatic hydroxyl groups excluding tert-OH is 1. The summed E-state index contributed by atoms with van der Waals surface area (Å²) >= 11 is 0. The van der Waals surface area contributed by atoms with Gasteiger partial charge in [-0.15, -0.1) is 0 Å². The first kappa shape index (κ1) is 16.2. The Bertz CT molecular complexity index is 487. The van der Waals surface area contributed by atoms with Gasteiger partial charge in [0.1, 0.15) is 5.69 Å². The molecule has 20 heavy (non-hydrogen) atoms. The predicted molar refractivity (Wildman–Crippen MR) is 60.0 cm³/mol. The smallest absolute Gasteiger partial charge is 0.331 e. The van der Waals surface area contributed by atoms with Crippen molar-refractivity contribution in [2.24, 2.45) is 0 Å². The molecule has 1 aromatic heterocycles. The molecule has 9 heteroatoms. The van der Waals surface area contributed by atoms with Gasteiger partial charge in [0.05, 0.1) is 13.2 Å². The van der Waals surface area contributed by atoms with Crippen LogP contribution in [0.4, 0.5) is 23.2 Å². The summed E-state index contributed by atoms with van der Waals surface area (Å²) < 4.78 is 57.6. The molecule has 1 unspecified atom stereocenters. The number of anilines is 1. The third-order valence-corrected chi connectivity index (χ3v) is 2.53. The van der Waals surface area contributed by atoms with E-state index in [2.05, 4.69) is 9.72 Å². The maximum absolute atomic E-state index is 13.5. The van der Waals surface area contributed by atoms with Crippen LogP contribution in [0, 0.1) is 23.5 Å². The molecule has 1 N–H and O–H groups in total. The van der Waals surface area contributed by atoms with Crippen LogP contribution in [-0.2, 0) is 9.53 Å². The molecule has 0 spiro atoms. The molecule has 1 atom stereocenters. The van der Waals surface area contributed by atoms with Crippen LogP contribution in [0.5, 0.6) is 0 Å². The molecule has 0 fully saturated rings. The maximum Gasteiger partial charge on any atom is 0.331 e. The molecule has 1 aromatic rings. The number of esters is 1. The fraction of sp³-hybridized carbons (Fsp3) is 0.455. The van der Waals surface area contributed by atoms with Crippen molar-refractivity contribution in [1.82, 2.24) is 4.98 Å². The summed E-state index contributed by atoms with van der Waals surface area (Å²) in [6.45, 7) is 0.590. The predicted octanol–water partition coefficient (Wildman–Crippen LogP) is 0.998. The van der Waals surface area contributed by atoms with E-state index in [4.69, 9.17) is 5.11 Å². The topological polar surface area (TPSA) is 62.7 Å². The fourth-order valence-corrected chi connectivity index (χ4v) is 1.54. The van der Waals surface area contributed by atoms with Gasteiger partial charge in [-0.25, -0.2) is 4.79 Å². The first-order valence-electron chi connectivity index (χ1n) is 5.55. The minimum absolute atomic E-state index is 0.0345. The number of nitrogens with zero attached hydrogens (tertiary/aromatic N) is 2. The molecule has 0 saturated carbocycles. The monoisotopic (exact) mass is 296 g/mol. The van der Waals surface area contributed by atoms with Gasteiger partial charge in [0.25, 0.3) is 11.9 Å². The Morgan fingerprint density at radius 1 is 1.30 bits per heavy atom. The van der Waals surface area contributed by atoms with Crippen LogP contribution < -0.4 is 4.90 Å². The summed E-state index contributed by atoms with van der Waals surface area (Å²) in [6.07, 6.45) is 0. The minimum atomic E-state index is -1.86. The Labute approximate surface area is 111 Å². The van der Waals surface area contributed by atoms with E-state index in [-0.39, 0.29) is 6.61 Å². The largest absolute Gasteiger partial charge is 0.464 e. The van der Waals surface area contributed by atoms with Gasteiger partial charge in [0.15, 0.2) is 6.04 Å². The zero-order valence-electron chi connectivity index (χ0n) is 10.7. The Morgan fingerprint density at radius 2 is 1.80 bits per heavy atom. The number of halogens is 4. The van der Waals surface area contributed by atoms with Crippen molar-refractivity contribution in [2.45, 2.75) is 13.0 Å². The number of carbonyl (C=O) groups is 1. The lowest BCUT2D eigenvalue weighted by Gasteiger charge is -2.27. The second kappa shape index (κ2) is 6.51. The van der Waals surface area contributed by atoms with Gasteiger partial charge < -0.3 is 14.7 Å². The Hall–Kier alpha value is -1.90. The SMILES string of the molecule is CCOC(=O)C(CO)N(C)c1c(F)c(F)nc(F)c1F. The van der Waals surface area contributed by atoms with Crippen LogP contribution in [0.2, 0.25) is 0 Å². The van der Waals surface area contributed by atoms with Crippen molar-refractivity contribution in [3.05, 3.63) is 23.5 Å². The van der Waals surface area contributed by atoms with Crippen LogP contribution in [-0.4, -0.2) is 42.4 Å². The van der Waals surface area contributed by atoms with E-state index < -0.39 is 47.8 Å². The Balaban J connectivity index is 3.25. The maximum atomic E-state index is 13.5. The number of aliphatic hydroxyl groups is 1. The second-order valence-corrected chi connectivity index (χ2v) is 3.73. The third kappa shape index (κ3) is 2.98. The molecule has 0 bridgehead atoms. The van der Waals surface area contributed by atoms with Crippen molar-refractivity contribution >= 4 is 11.7 Å². The van der Waals surface area contributed by atoms with Crippen LogP contribution in [0.3, 0.4) is 0 Å². The number of aromatic nitrogens is 1. The average molecular weight is 296 g/mol. The first-order valence-corrected chi connectivity index (χ1v) is 5.55. The van der Waals surface area contributed by atoms with E-state index in [9.17, 15) is 22.4 Å². The molecule has 0 aliphatic heterocycles. The van der Waals surface area contributed by atoms with Crippen LogP contribution in [0.1, 0.15) is 6.92 Å². The minimum Gasteiger partial charge on any atom is -0.464 e. The zero-order chi connectivity index (χ0) is 15.4. The molecule has 0 aliphatic carbocycles. The lowest BCUT2D eigenvalue weighted by molar-refractivity contribution is -0.145. The molecular weight excluding hydrogens is 284 g/mol. The summed E-state index contributed by atoms with van der Waals surface area (Å²) in [5.41, 5.74) is -1.15. The zero-order valence-corrected chi connectivity index (χ0v) is 10.7. The van der Waals surface area contributed by atoms with E-state index in [0.717, 1.165) is 7.05 Å². The highest BCUT2D eigenvalue weighted by Crippen LogP contribution is 2.26. The number of pyridine rings is 1. The lowest BCUT2D eigenvalue weighted by Crippen LogP contribution is -2.43. The highest BCUT2D eigenvalue weighted by Gasteiger charge is 2.31. The van der Waals surface area contributed by atoms with E-state index in [1.54, 1.807) is 0 Å². The Morgan fingerprint density at radius 3 is 2.20 bits per heavy atom. The summed E-state index contributed by atoms with van der Waals surface area (Å²) in [6, 6.07) is -1.51. The van der Waals surface area contributed by atoms with Crippen LogP contribution in [0.25, 0.3) is 0 Å². The molecular formula is C11H12F4N2O3. The summed E-state index contributed by atoms with van der Waals surface area (Å²) in [5.74, 6) is -8.24. The highest BCUT2D eigenvalue weighted by atomic mass is 19.2. The Kier molecular flexibility index (Phi) is 5.26. The molecule has 0 aliphatic rings. The van der Waals surface area contributed by atoms with Gasteiger partial charge in [-0.2, -0.15) is 22.5 Å². The average Bonchev–Trinajstić information content (AvgIpc) is 2.38. The molecule has 112 valence electrons. The van der Waals surface area contributed by atoms with Crippen molar-refractivity contribution in [3.8, 4) is 0 Å². The van der Waals surface area contributed by atoms with Gasteiger partial charge in [0, 0.05) is 7.05 Å². The standard InChI is InChI=1S/C11H12F4N2O3/c1-3-20-11(19)5(4-18)17(2)8-6(12)9(14)16-10(15)7(8)13/h5,18H,3-4H2,1-2H3. The van der Waals surface area contributed by atoms with E-state index in [1.165, 1.54) is 6.92 Å². The van der Waals surface area contributed by atoms with Crippen molar-refractivity contribution in [3.63, 3.8) is 0 Å². The number of carbonyl (C=O) groups excluding carboxylic acids is 1. The van der Waals surface area contributed by atoms with Gasteiger partial charge >= 0.3 is 5.97 Å². The lowest BCUT2D eigenvalue weighted by atomic mass is 10.2. The van der Waals surface area contributed by atoms with Crippen LogP contribution in [0.15, 0.2) is 0 Å². The number of hydrogen-bond donors (Lipinski definition) is 1. The fourth-order valence-electron chi connectivity index (χ4n) is 1.54. The van der Waals surface area contributed by atoms with E-state index in [1.807, 2.05) is 0 Å². The van der Waals surface area contributed by atoms with E-state index >= 15 is 0 Å². The highest BCUT2D eigenvalue weighted by molar-refractivity contribution is 5.80. The number of ether oxygens (including phenoxy) is 1. The molecule has 0 saturated heterocycles. The molecule has 1 rings (SSSR count). The third-order valence-electron chi connectivity index (χ3n) is 2.53. The summed E-state index contributed by atoms with van der Waals surface area (Å²) in [5, 5.41) is 9.08. The molecule has 1 heterocycles. The van der Waals surface area contributed by atoms with Crippen molar-refractivity contribution in [2.75, 3.05) is 25.2 Å². The number of hydrogen-bond acceptors (Lipinski definition) is 5.